The second kappa shape index (κ2) is 42.9. The fourth-order valence-electron chi connectivity index (χ4n) is 8.23. The molecule has 0 amide bonds. The van der Waals surface area contributed by atoms with Crippen molar-refractivity contribution >= 4 is 25.4 Å². The quantitative estimate of drug-likeness (QED) is 0.0102. The first kappa shape index (κ1) is 65.9. The summed E-state index contributed by atoms with van der Waals surface area (Å²) in [5.74, 6) is -1.49. The van der Waals surface area contributed by atoms with Crippen LogP contribution in [0.15, 0.2) is 90.4 Å². The van der Waals surface area contributed by atoms with Gasteiger partial charge in [0, 0.05) is 50.3 Å². The molecule has 0 radical (unpaired) electrons. The second-order valence-electron chi connectivity index (χ2n) is 19.2. The summed E-state index contributed by atoms with van der Waals surface area (Å²) < 4.78 is 29.2. The molecule has 4 rings (SSSR count). The van der Waals surface area contributed by atoms with Crippen LogP contribution in [0, 0.1) is 6.92 Å². The number of carbonyl (C=O) groups is 2. The Kier molecular flexibility index (Phi) is 38.2. The Morgan fingerprint density at radius 1 is 0.554 bits per heavy atom. The molecule has 2 unspecified atom stereocenters. The van der Waals surface area contributed by atoms with Crippen LogP contribution in [0.3, 0.4) is 0 Å². The molecule has 0 aliphatic heterocycles. The first-order valence-corrected chi connectivity index (χ1v) is 29.6. The second-order valence-corrected chi connectivity index (χ2v) is 21.1. The Balaban J connectivity index is 0.00000124. The number of aromatic nitrogens is 4. The Hall–Kier alpha value is -4.22. The summed E-state index contributed by atoms with van der Waals surface area (Å²) in [6.45, 7) is 5.29. The Morgan fingerprint density at radius 3 is 1.45 bits per heavy atom. The van der Waals surface area contributed by atoms with Gasteiger partial charge in [0.1, 0.15) is 14.2 Å². The first-order chi connectivity index (χ1) is 35.6. The molecule has 0 bridgehead atoms. The molecular weight excluding hydrogens is 1040 g/mol. The van der Waals surface area contributed by atoms with Crippen molar-refractivity contribution in [3.8, 4) is 22.8 Å². The van der Waals surface area contributed by atoms with E-state index < -0.39 is 44.3 Å². The van der Waals surface area contributed by atoms with Gasteiger partial charge < -0.3 is 28.6 Å². The molecular formula is C59H88N5O8PRu. The van der Waals surface area contributed by atoms with E-state index in [0.717, 1.165) is 55.5 Å². The third kappa shape index (κ3) is 33.0. The minimum absolute atomic E-state index is 0. The molecule has 4 aromatic rings. The number of hydrogen-bond donors (Lipinski definition) is 0. The van der Waals surface area contributed by atoms with Crippen LogP contribution in [0.5, 0.6) is 0 Å². The van der Waals surface area contributed by atoms with Crippen LogP contribution in [0.25, 0.3) is 22.8 Å². The summed E-state index contributed by atoms with van der Waals surface area (Å²) in [5.41, 5.74) is 4.19. The van der Waals surface area contributed by atoms with Crippen LogP contribution in [-0.2, 0) is 47.6 Å². The summed E-state index contributed by atoms with van der Waals surface area (Å²) in [6, 6.07) is 18.4. The van der Waals surface area contributed by atoms with Crippen LogP contribution in [0.4, 0.5) is 0 Å². The maximum atomic E-state index is 12.9. The van der Waals surface area contributed by atoms with E-state index in [-0.39, 0.29) is 51.0 Å². The maximum Gasteiger partial charge on any atom is 2.00 e. The molecule has 4 aromatic heterocycles. The maximum absolute atomic E-state index is 12.9. The molecule has 15 heteroatoms. The Labute approximate surface area is 457 Å². The van der Waals surface area contributed by atoms with Crippen LogP contribution in [0.2, 0.25) is 0 Å². The zero-order valence-electron chi connectivity index (χ0n) is 45.1. The van der Waals surface area contributed by atoms with Crippen molar-refractivity contribution in [1.29, 1.82) is 0 Å². The number of aliphatic imine (C=N–C) groups is 1. The van der Waals surface area contributed by atoms with E-state index in [1.54, 1.807) is 24.7 Å². The number of rotatable bonds is 40. The zero-order valence-corrected chi connectivity index (χ0v) is 47.7. The van der Waals surface area contributed by atoms with Gasteiger partial charge in [-0.1, -0.05) is 180 Å². The molecule has 4 heterocycles. The summed E-state index contributed by atoms with van der Waals surface area (Å²) in [4.78, 5) is 59.2. The van der Waals surface area contributed by atoms with Crippen molar-refractivity contribution in [2.24, 2.45) is 4.99 Å². The molecule has 0 spiro atoms. The fraction of sp³-hybridized carbons (Fsp3) is 0.610. The van der Waals surface area contributed by atoms with Gasteiger partial charge in [-0.05, 0) is 85.3 Å². The Bertz CT molecular complexity index is 2080. The largest absolute Gasteiger partial charge is 2.00 e. The van der Waals surface area contributed by atoms with Gasteiger partial charge in [0.05, 0.1) is 29.4 Å². The molecule has 410 valence electrons. The number of ether oxygens (including phenoxy) is 2. The minimum atomic E-state index is -4.49. The first-order valence-electron chi connectivity index (χ1n) is 27.8. The third-order valence-electron chi connectivity index (χ3n) is 12.6. The zero-order chi connectivity index (χ0) is 52.5. The number of carbonyl (C=O) groups excluding carboxylic acids is 2. The van der Waals surface area contributed by atoms with Crippen LogP contribution in [0.1, 0.15) is 205 Å². The van der Waals surface area contributed by atoms with Gasteiger partial charge in [0.15, 0.2) is 6.10 Å². The van der Waals surface area contributed by atoms with Gasteiger partial charge in [0.25, 0.3) is 0 Å². The summed E-state index contributed by atoms with van der Waals surface area (Å²) >= 11 is 0. The summed E-state index contributed by atoms with van der Waals surface area (Å²) in [6.07, 6.45) is 36.6. The molecule has 0 saturated heterocycles. The monoisotopic (exact) mass is 1130 g/mol. The Morgan fingerprint density at radius 2 is 0.986 bits per heavy atom. The van der Waals surface area contributed by atoms with Crippen molar-refractivity contribution in [3.05, 3.63) is 96.6 Å². The molecule has 0 saturated carbocycles. The van der Waals surface area contributed by atoms with E-state index in [1.165, 1.54) is 128 Å². The van der Waals surface area contributed by atoms with Gasteiger partial charge in [0.2, 0.25) is 0 Å². The molecule has 74 heavy (non-hydrogen) atoms. The number of hydrogen-bond acceptors (Lipinski definition) is 13. The minimum Gasteiger partial charge on any atom is -0.858 e. The van der Waals surface area contributed by atoms with Gasteiger partial charge in [-0.15, -0.1) is 0 Å². The number of aryl methyl sites for hydroxylation is 1. The van der Waals surface area contributed by atoms with Crippen LogP contribution in [-0.4, -0.2) is 69.8 Å². The third-order valence-corrected chi connectivity index (χ3v) is 13.9. The van der Waals surface area contributed by atoms with E-state index in [1.807, 2.05) is 55.5 Å². The van der Waals surface area contributed by atoms with Crippen molar-refractivity contribution in [2.75, 3.05) is 25.9 Å². The molecule has 0 aliphatic carbocycles. The van der Waals surface area contributed by atoms with E-state index in [0.29, 0.717) is 24.2 Å². The van der Waals surface area contributed by atoms with E-state index in [9.17, 15) is 24.2 Å². The van der Waals surface area contributed by atoms with Crippen molar-refractivity contribution in [2.45, 2.75) is 207 Å². The fourth-order valence-corrected chi connectivity index (χ4v) is 9.10. The van der Waals surface area contributed by atoms with Gasteiger partial charge in [-0.25, -0.2) is 0 Å². The molecule has 0 aliphatic rings. The van der Waals surface area contributed by atoms with E-state index in [4.69, 9.17) is 14.0 Å². The molecule has 0 N–H and O–H groups in total. The van der Waals surface area contributed by atoms with Crippen LogP contribution < -0.4 is 10.00 Å². The molecule has 2 atom stereocenters. The predicted octanol–water partition coefficient (Wildman–Crippen LogP) is 13.7. The van der Waals surface area contributed by atoms with Crippen LogP contribution >= 0.6 is 7.60 Å². The SMILES string of the molecule is CCCCCCCCCCCCCCCC(=O)OCC(COP(=O)([O-])CCN=C([O-])c1ccnc(-c2cc(C)ccn2)c1)OC(=O)CCCCCCCCCCCCCCC.[Ru+2].c1ccc(-c2ccccn2)nc1. The smallest absolute Gasteiger partial charge is 0.858 e. The normalized spacial score (nSPS) is 12.5. The number of pyridine rings is 4. The standard InChI is InChI=1S/C49H82N3O8P.C10H8N2.Ru/c1-4-6-8-10-12-14-16-18-20-22-24-26-28-30-47(53)58-40-44(60-48(54)31-29-27-25-23-21-19-17-15-13-11-9-7-5-2)41-59-61(56,57)37-36-52-49(55)43-33-35-51-46(39-43)45-38-42(3)32-34-50-45;1-3-7-11-9(5-1)10-6-2-4-8-12-10;/h32-35,38-39,44H,4-31,36-37,40-41H2,1-3H3,(H,52,55)(H,56,57);1-8H;/q;;+2/p-2. The molecule has 13 nitrogen and oxygen atoms in total. The average molecular weight is 1130 g/mol. The predicted molar refractivity (Wildman–Crippen MR) is 291 cm³/mol. The van der Waals surface area contributed by atoms with Crippen molar-refractivity contribution < 1.29 is 57.6 Å². The number of unbranched alkanes of at least 4 members (excludes halogenated alkanes) is 24. The molecule has 0 fully saturated rings. The van der Waals surface area contributed by atoms with Crippen molar-refractivity contribution in [3.63, 3.8) is 0 Å². The van der Waals surface area contributed by atoms with E-state index >= 15 is 0 Å². The number of esters is 2. The topological polar surface area (TPSA) is 189 Å². The van der Waals surface area contributed by atoms with Gasteiger partial charge in [-0.2, -0.15) is 0 Å². The van der Waals surface area contributed by atoms with E-state index in [2.05, 4.69) is 38.8 Å². The molecule has 0 aromatic carbocycles. The summed E-state index contributed by atoms with van der Waals surface area (Å²) in [7, 11) is -4.49. The van der Waals surface area contributed by atoms with Gasteiger partial charge >= 0.3 is 31.4 Å². The average Bonchev–Trinajstić information content (AvgIpc) is 3.40. The van der Waals surface area contributed by atoms with Crippen molar-refractivity contribution in [1.82, 2.24) is 19.9 Å². The number of nitrogens with zero attached hydrogens (tertiary/aromatic N) is 5. The summed E-state index contributed by atoms with van der Waals surface area (Å²) in [5, 5.41) is 12.8. The van der Waals surface area contributed by atoms with Gasteiger partial charge in [-0.3, -0.25) is 34.5 Å².